The first-order chi connectivity index (χ1) is 11.2. The lowest BCUT2D eigenvalue weighted by Crippen LogP contribution is -2.43. The van der Waals surface area contributed by atoms with Gasteiger partial charge in [-0.1, -0.05) is 19.4 Å². The summed E-state index contributed by atoms with van der Waals surface area (Å²) in [5.74, 6) is -0.0867. The summed E-state index contributed by atoms with van der Waals surface area (Å²) >= 11 is 0. The summed E-state index contributed by atoms with van der Waals surface area (Å²) in [6.45, 7) is 7.04. The number of fused-ring (bicyclic) bond motifs is 1. The molecule has 2 aromatic heterocycles. The van der Waals surface area contributed by atoms with Crippen molar-refractivity contribution in [2.45, 2.75) is 45.6 Å². The van der Waals surface area contributed by atoms with Gasteiger partial charge in [-0.05, 0) is 44.4 Å². The zero-order valence-electron chi connectivity index (χ0n) is 14.1. The molecule has 1 saturated heterocycles. The summed E-state index contributed by atoms with van der Waals surface area (Å²) in [5.41, 5.74) is 2.45. The first-order valence-corrected chi connectivity index (χ1v) is 8.65. The third kappa shape index (κ3) is 3.72. The monoisotopic (exact) mass is 314 g/mol. The van der Waals surface area contributed by atoms with Crippen molar-refractivity contribution < 1.29 is 4.79 Å². The van der Waals surface area contributed by atoms with Crippen LogP contribution in [-0.2, 0) is 0 Å². The van der Waals surface area contributed by atoms with E-state index < -0.39 is 0 Å². The molecule has 0 radical (unpaired) electrons. The molecular weight excluding hydrogens is 288 g/mol. The third-order valence-electron chi connectivity index (χ3n) is 4.74. The number of aryl methyl sites for hydroxylation is 1. The lowest BCUT2D eigenvalue weighted by Gasteiger charge is -2.35. The molecule has 124 valence electrons. The van der Waals surface area contributed by atoms with Crippen molar-refractivity contribution in [3.8, 4) is 0 Å². The fraction of sp³-hybridized carbons (Fsp3) is 0.556. The Balaban J connectivity index is 1.56. The van der Waals surface area contributed by atoms with Gasteiger partial charge in [-0.2, -0.15) is 0 Å². The van der Waals surface area contributed by atoms with Gasteiger partial charge < -0.3 is 9.72 Å². The van der Waals surface area contributed by atoms with Gasteiger partial charge in [0.1, 0.15) is 11.3 Å². The Bertz CT molecular complexity index is 679. The number of likely N-dealkylation sites (tertiary alicyclic amines) is 1. The highest BCUT2D eigenvalue weighted by Gasteiger charge is 2.20. The second-order valence-corrected chi connectivity index (χ2v) is 6.45. The van der Waals surface area contributed by atoms with E-state index in [1.807, 2.05) is 29.7 Å². The SMILES string of the molecule is CC[C@@H]1CCCCN1CCNC(=O)c1cn2cc(C)ccc2n1. The molecule has 1 aliphatic heterocycles. The number of rotatable bonds is 5. The standard InChI is InChI=1S/C18H26N4O/c1-3-15-6-4-5-10-21(15)11-9-19-18(23)16-13-22-12-14(2)7-8-17(22)20-16/h7-8,12-13,15H,3-6,9-11H2,1-2H3,(H,19,23)/t15-/m1/s1. The van der Waals surface area contributed by atoms with Crippen LogP contribution >= 0.6 is 0 Å². The average molecular weight is 314 g/mol. The van der Waals surface area contributed by atoms with Crippen LogP contribution in [0.15, 0.2) is 24.5 Å². The minimum absolute atomic E-state index is 0.0867. The van der Waals surface area contributed by atoms with Gasteiger partial charge in [0.05, 0.1) is 0 Å². The quantitative estimate of drug-likeness (QED) is 0.923. The van der Waals surface area contributed by atoms with Crippen molar-refractivity contribution in [2.75, 3.05) is 19.6 Å². The highest BCUT2D eigenvalue weighted by Crippen LogP contribution is 2.18. The van der Waals surface area contributed by atoms with Crippen LogP contribution in [0.1, 0.15) is 48.7 Å². The molecule has 3 rings (SSSR count). The Morgan fingerprint density at radius 2 is 2.22 bits per heavy atom. The van der Waals surface area contributed by atoms with E-state index in [2.05, 4.69) is 22.1 Å². The molecule has 1 amide bonds. The number of carbonyl (C=O) groups is 1. The molecule has 2 aromatic rings. The van der Waals surface area contributed by atoms with Gasteiger partial charge in [0.2, 0.25) is 0 Å². The van der Waals surface area contributed by atoms with Gasteiger partial charge in [-0.25, -0.2) is 4.98 Å². The molecule has 23 heavy (non-hydrogen) atoms. The number of nitrogens with one attached hydrogen (secondary N) is 1. The van der Waals surface area contributed by atoms with E-state index in [-0.39, 0.29) is 5.91 Å². The van der Waals surface area contributed by atoms with Gasteiger partial charge in [0.15, 0.2) is 0 Å². The Kier molecular flexibility index (Phi) is 4.96. The Labute approximate surface area is 137 Å². The number of hydrogen-bond acceptors (Lipinski definition) is 3. The van der Waals surface area contributed by atoms with Gasteiger partial charge in [-0.15, -0.1) is 0 Å². The zero-order chi connectivity index (χ0) is 16.2. The summed E-state index contributed by atoms with van der Waals surface area (Å²) < 4.78 is 1.90. The molecule has 1 fully saturated rings. The predicted molar refractivity (Wildman–Crippen MR) is 91.8 cm³/mol. The number of aromatic nitrogens is 2. The van der Waals surface area contributed by atoms with Crippen LogP contribution in [0.3, 0.4) is 0 Å². The minimum Gasteiger partial charge on any atom is -0.349 e. The van der Waals surface area contributed by atoms with Crippen LogP contribution in [0.4, 0.5) is 0 Å². The molecule has 0 spiro atoms. The van der Waals surface area contributed by atoms with Crippen molar-refractivity contribution >= 4 is 11.6 Å². The number of hydrogen-bond donors (Lipinski definition) is 1. The Morgan fingerprint density at radius 1 is 1.35 bits per heavy atom. The van der Waals surface area contributed by atoms with Gasteiger partial charge in [0.25, 0.3) is 5.91 Å². The molecule has 1 N–H and O–H groups in total. The molecule has 0 bridgehead atoms. The summed E-state index contributed by atoms with van der Waals surface area (Å²) in [6.07, 6.45) is 8.88. The zero-order valence-corrected chi connectivity index (χ0v) is 14.1. The number of imidazole rings is 1. The summed E-state index contributed by atoms with van der Waals surface area (Å²) in [5, 5.41) is 3.01. The molecule has 0 aromatic carbocycles. The number of pyridine rings is 1. The topological polar surface area (TPSA) is 49.6 Å². The van der Waals surface area contributed by atoms with E-state index in [0.717, 1.165) is 24.3 Å². The summed E-state index contributed by atoms with van der Waals surface area (Å²) in [7, 11) is 0. The van der Waals surface area contributed by atoms with Gasteiger partial charge in [-0.3, -0.25) is 9.69 Å². The van der Waals surface area contributed by atoms with E-state index in [1.54, 1.807) is 6.20 Å². The van der Waals surface area contributed by atoms with Crippen LogP contribution in [0, 0.1) is 6.92 Å². The maximum absolute atomic E-state index is 12.3. The molecule has 1 aliphatic rings. The van der Waals surface area contributed by atoms with Crippen LogP contribution in [0.2, 0.25) is 0 Å². The van der Waals surface area contributed by atoms with Crippen molar-refractivity contribution in [1.29, 1.82) is 0 Å². The fourth-order valence-electron chi connectivity index (χ4n) is 3.43. The van der Waals surface area contributed by atoms with Crippen LogP contribution < -0.4 is 5.32 Å². The predicted octanol–water partition coefficient (Wildman–Crippen LogP) is 2.64. The molecule has 0 unspecified atom stereocenters. The Hall–Kier alpha value is -1.88. The van der Waals surface area contributed by atoms with E-state index in [9.17, 15) is 4.79 Å². The Morgan fingerprint density at radius 3 is 3.04 bits per heavy atom. The van der Waals surface area contributed by atoms with Crippen molar-refractivity contribution in [3.63, 3.8) is 0 Å². The van der Waals surface area contributed by atoms with E-state index in [0.29, 0.717) is 18.3 Å². The van der Waals surface area contributed by atoms with Crippen molar-refractivity contribution in [2.24, 2.45) is 0 Å². The summed E-state index contributed by atoms with van der Waals surface area (Å²) in [4.78, 5) is 19.2. The first-order valence-electron chi connectivity index (χ1n) is 8.65. The molecule has 0 aliphatic carbocycles. The van der Waals surface area contributed by atoms with Crippen molar-refractivity contribution in [3.05, 3.63) is 35.8 Å². The molecule has 1 atom stereocenters. The average Bonchev–Trinajstić information content (AvgIpc) is 2.98. The molecule has 5 heteroatoms. The molecule has 0 saturated carbocycles. The number of nitrogens with zero attached hydrogens (tertiary/aromatic N) is 3. The molecule has 3 heterocycles. The molecular formula is C18H26N4O. The largest absolute Gasteiger partial charge is 0.349 e. The molecule has 5 nitrogen and oxygen atoms in total. The van der Waals surface area contributed by atoms with Gasteiger partial charge in [0, 0.05) is 31.5 Å². The van der Waals surface area contributed by atoms with E-state index >= 15 is 0 Å². The second kappa shape index (κ2) is 7.13. The third-order valence-corrected chi connectivity index (χ3v) is 4.74. The van der Waals surface area contributed by atoms with Crippen LogP contribution in [0.5, 0.6) is 0 Å². The first kappa shape index (κ1) is 16.0. The lowest BCUT2D eigenvalue weighted by molar-refractivity contribution is 0.0930. The van der Waals surface area contributed by atoms with Crippen LogP contribution in [0.25, 0.3) is 5.65 Å². The maximum atomic E-state index is 12.3. The fourth-order valence-corrected chi connectivity index (χ4v) is 3.43. The van der Waals surface area contributed by atoms with Gasteiger partial charge >= 0.3 is 0 Å². The smallest absolute Gasteiger partial charge is 0.271 e. The second-order valence-electron chi connectivity index (χ2n) is 6.45. The van der Waals surface area contributed by atoms with E-state index in [4.69, 9.17) is 0 Å². The number of piperidine rings is 1. The van der Waals surface area contributed by atoms with Crippen LogP contribution in [-0.4, -0.2) is 45.9 Å². The highest BCUT2D eigenvalue weighted by molar-refractivity contribution is 5.92. The normalized spacial score (nSPS) is 19.1. The number of amides is 1. The van der Waals surface area contributed by atoms with Crippen molar-refractivity contribution in [1.82, 2.24) is 19.6 Å². The maximum Gasteiger partial charge on any atom is 0.271 e. The lowest BCUT2D eigenvalue weighted by atomic mass is 10.0. The summed E-state index contributed by atoms with van der Waals surface area (Å²) in [6, 6.07) is 4.62. The van der Waals surface area contributed by atoms with E-state index in [1.165, 1.54) is 25.7 Å². The minimum atomic E-state index is -0.0867. The highest BCUT2D eigenvalue weighted by atomic mass is 16.1. The number of carbonyl (C=O) groups excluding carboxylic acids is 1.